The Morgan fingerprint density at radius 3 is 2.37 bits per heavy atom. The summed E-state index contributed by atoms with van der Waals surface area (Å²) in [6.45, 7) is 5.82. The molecule has 60 heavy (non-hydrogen) atoms. The Hall–Kier alpha value is -5.85. The van der Waals surface area contributed by atoms with Crippen molar-refractivity contribution < 1.29 is 41.2 Å². The molecule has 0 bridgehead atoms. The molecule has 3 saturated heterocycles. The second-order valence-electron chi connectivity index (χ2n) is 15.9. The summed E-state index contributed by atoms with van der Waals surface area (Å²) in [6, 6.07) is 5.97. The summed E-state index contributed by atoms with van der Waals surface area (Å²) >= 11 is 0. The van der Waals surface area contributed by atoms with E-state index >= 15 is 8.78 Å². The molecule has 0 unspecified atom stereocenters. The molecule has 8 rings (SSSR count). The number of benzene rings is 1. The van der Waals surface area contributed by atoms with Gasteiger partial charge in [-0.3, -0.25) is 34.1 Å². The van der Waals surface area contributed by atoms with Crippen molar-refractivity contribution in [3.8, 4) is 11.5 Å². The SMILES string of the molecule is CCN(C)c1cc(-c2nc(C(=O)Nc3cn(C4CCC(N5CCN(C(=O)C6CN(c7cc(F)c([C@H]8CCC(=O)NC8=O)c(F)c7)C6)CC5)CC4)nc3C(F)F)co2)ccn1. The number of hydrogen-bond acceptors (Lipinski definition) is 11. The second-order valence-corrected chi connectivity index (χ2v) is 15.9. The molecule has 4 fully saturated rings. The van der Waals surface area contributed by atoms with Crippen LogP contribution >= 0.6 is 0 Å². The Bertz CT molecular complexity index is 2240. The average Bonchev–Trinajstić information content (AvgIpc) is 3.90. The van der Waals surface area contributed by atoms with E-state index in [0.29, 0.717) is 69.2 Å². The van der Waals surface area contributed by atoms with Gasteiger partial charge >= 0.3 is 0 Å². The van der Waals surface area contributed by atoms with Gasteiger partial charge in [-0.25, -0.2) is 27.5 Å². The quantitative estimate of drug-likeness (QED) is 0.152. The Balaban J connectivity index is 0.805. The van der Waals surface area contributed by atoms with Gasteiger partial charge in [0, 0.05) is 94.5 Å². The van der Waals surface area contributed by atoms with Crippen LogP contribution in [-0.4, -0.2) is 112 Å². The van der Waals surface area contributed by atoms with Crippen molar-refractivity contribution in [1.29, 1.82) is 0 Å². The monoisotopic (exact) mass is 834 g/mol. The van der Waals surface area contributed by atoms with E-state index in [4.69, 9.17) is 4.42 Å². The molecule has 318 valence electrons. The number of pyridine rings is 1. The summed E-state index contributed by atoms with van der Waals surface area (Å²) in [7, 11) is 1.89. The van der Waals surface area contributed by atoms with Gasteiger partial charge in [0.1, 0.15) is 23.7 Å². The molecule has 1 atom stereocenters. The maximum atomic E-state index is 15.1. The number of halogens is 4. The van der Waals surface area contributed by atoms with E-state index in [9.17, 15) is 28.0 Å². The first kappa shape index (κ1) is 40.9. The summed E-state index contributed by atoms with van der Waals surface area (Å²) < 4.78 is 65.5. The molecule has 4 aliphatic rings. The van der Waals surface area contributed by atoms with E-state index < -0.39 is 47.4 Å². The smallest absolute Gasteiger partial charge is 0.284 e. The zero-order chi connectivity index (χ0) is 42.2. The lowest BCUT2D eigenvalue weighted by molar-refractivity contribution is -0.138. The first-order valence-electron chi connectivity index (χ1n) is 20.3. The van der Waals surface area contributed by atoms with Crippen LogP contribution in [-0.2, 0) is 14.4 Å². The van der Waals surface area contributed by atoms with Crippen LogP contribution in [0.5, 0.6) is 0 Å². The Labute approximate surface area is 343 Å². The number of carbonyl (C=O) groups is 4. The lowest BCUT2D eigenvalue weighted by atomic mass is 9.89. The summed E-state index contributed by atoms with van der Waals surface area (Å²) in [5.41, 5.74) is -0.120. The lowest BCUT2D eigenvalue weighted by Crippen LogP contribution is -2.59. The molecule has 3 aliphatic heterocycles. The van der Waals surface area contributed by atoms with Crippen LogP contribution in [0.25, 0.3) is 11.5 Å². The van der Waals surface area contributed by atoms with Crippen LogP contribution in [0, 0.1) is 17.6 Å². The standard InChI is InChI=1S/C41H46F4N10O5/c1-3-51(2)33-16-23(10-11-46-33)40-48-32(22-60-40)39(58)47-31-21-55(50-36(31)37(44)45)26-6-4-25(5-7-26)52-12-14-53(15-13-52)41(59)24-19-54(20-24)27-17-29(42)35(30(43)18-27)28-8-9-34(56)49-38(28)57/h10-11,16-18,21-22,24-26,28,37H,3-9,12-15,19-20H2,1-2H3,(H,47,58)(H,49,56,57)/t25?,26?,28-/m1/s1. The number of imide groups is 1. The maximum Gasteiger partial charge on any atom is 0.284 e. The summed E-state index contributed by atoms with van der Waals surface area (Å²) in [4.78, 5) is 66.7. The zero-order valence-corrected chi connectivity index (χ0v) is 33.3. The van der Waals surface area contributed by atoms with Crippen molar-refractivity contribution >= 4 is 40.8 Å². The molecule has 4 amide bonds. The molecule has 0 radical (unpaired) electrons. The van der Waals surface area contributed by atoms with Crippen molar-refractivity contribution in [1.82, 2.24) is 34.9 Å². The molecule has 4 aromatic rings. The largest absolute Gasteiger partial charge is 0.444 e. The van der Waals surface area contributed by atoms with Crippen molar-refractivity contribution in [3.63, 3.8) is 0 Å². The highest BCUT2D eigenvalue weighted by Gasteiger charge is 2.39. The number of nitrogens with one attached hydrogen (secondary N) is 2. The molecular formula is C41H46F4N10O5. The normalized spacial score (nSPS) is 21.6. The Morgan fingerprint density at radius 1 is 1.00 bits per heavy atom. The van der Waals surface area contributed by atoms with Crippen LogP contribution in [0.4, 0.5) is 34.8 Å². The van der Waals surface area contributed by atoms with Crippen molar-refractivity contribution in [2.75, 3.05) is 68.0 Å². The number of amides is 4. The molecule has 2 N–H and O–H groups in total. The predicted molar refractivity (Wildman–Crippen MR) is 210 cm³/mol. The number of anilines is 3. The second kappa shape index (κ2) is 17.0. The third-order valence-electron chi connectivity index (χ3n) is 12.2. The van der Waals surface area contributed by atoms with Gasteiger partial charge in [0.15, 0.2) is 11.4 Å². The Morgan fingerprint density at radius 2 is 1.70 bits per heavy atom. The van der Waals surface area contributed by atoms with Gasteiger partial charge < -0.3 is 24.4 Å². The van der Waals surface area contributed by atoms with Crippen molar-refractivity contribution in [2.45, 2.75) is 69.9 Å². The number of alkyl halides is 2. The average molecular weight is 835 g/mol. The number of carbonyl (C=O) groups excluding carboxylic acids is 4. The fourth-order valence-electron chi connectivity index (χ4n) is 8.62. The Kier molecular flexibility index (Phi) is 11.6. The molecule has 6 heterocycles. The zero-order valence-electron chi connectivity index (χ0n) is 33.3. The number of hydrogen-bond donors (Lipinski definition) is 2. The molecule has 1 aliphatic carbocycles. The number of nitrogens with zero attached hydrogens (tertiary/aromatic N) is 8. The first-order chi connectivity index (χ1) is 28.9. The molecule has 15 nitrogen and oxygen atoms in total. The van der Waals surface area contributed by atoms with Crippen LogP contribution in [0.1, 0.15) is 85.6 Å². The number of aromatic nitrogens is 4. The van der Waals surface area contributed by atoms with Gasteiger partial charge in [-0.1, -0.05) is 0 Å². The minimum atomic E-state index is -2.91. The van der Waals surface area contributed by atoms with Crippen molar-refractivity contribution in [3.05, 3.63) is 71.5 Å². The number of piperidine rings is 1. The molecule has 1 aromatic carbocycles. The van der Waals surface area contributed by atoms with Gasteiger partial charge in [-0.15, -0.1) is 0 Å². The lowest BCUT2D eigenvalue weighted by Gasteiger charge is -2.45. The van der Waals surface area contributed by atoms with E-state index in [0.717, 1.165) is 19.4 Å². The molecular weight excluding hydrogens is 789 g/mol. The predicted octanol–water partition coefficient (Wildman–Crippen LogP) is 5.14. The highest BCUT2D eigenvalue weighted by atomic mass is 19.3. The van der Waals surface area contributed by atoms with Gasteiger partial charge in [-0.05, 0) is 63.3 Å². The third kappa shape index (κ3) is 8.31. The van der Waals surface area contributed by atoms with Crippen molar-refractivity contribution in [2.24, 2.45) is 5.92 Å². The maximum absolute atomic E-state index is 15.1. The summed E-state index contributed by atoms with van der Waals surface area (Å²) in [5.74, 6) is -4.09. The van der Waals surface area contributed by atoms with Gasteiger partial charge in [0.2, 0.25) is 23.6 Å². The molecule has 19 heteroatoms. The van der Waals surface area contributed by atoms with Crippen LogP contribution in [0.3, 0.4) is 0 Å². The van der Waals surface area contributed by atoms with Crippen LogP contribution < -0.4 is 20.4 Å². The molecule has 1 saturated carbocycles. The fourth-order valence-corrected chi connectivity index (χ4v) is 8.62. The van der Waals surface area contributed by atoms with Gasteiger partial charge in [0.25, 0.3) is 12.3 Å². The van der Waals surface area contributed by atoms with Gasteiger partial charge in [0.05, 0.1) is 23.6 Å². The number of piperazine rings is 1. The van der Waals surface area contributed by atoms with E-state index in [1.807, 2.05) is 23.8 Å². The minimum Gasteiger partial charge on any atom is -0.444 e. The summed E-state index contributed by atoms with van der Waals surface area (Å²) in [5, 5.41) is 8.89. The minimum absolute atomic E-state index is 0.00102. The summed E-state index contributed by atoms with van der Waals surface area (Å²) in [6.07, 6.45) is 4.39. The fraction of sp³-hybridized carbons (Fsp3) is 0.488. The highest BCUT2D eigenvalue weighted by molar-refractivity contribution is 6.03. The molecule has 3 aromatic heterocycles. The van der Waals surface area contributed by atoms with Gasteiger partial charge in [-0.2, -0.15) is 5.10 Å². The third-order valence-corrected chi connectivity index (χ3v) is 12.2. The number of oxazole rings is 1. The van der Waals surface area contributed by atoms with Crippen LogP contribution in [0.2, 0.25) is 0 Å². The number of rotatable bonds is 11. The topological polar surface area (TPSA) is 162 Å². The van der Waals surface area contributed by atoms with E-state index in [2.05, 4.69) is 30.6 Å². The van der Waals surface area contributed by atoms with Crippen LogP contribution in [0.15, 0.2) is 47.3 Å². The van der Waals surface area contributed by atoms with E-state index in [1.54, 1.807) is 23.2 Å². The van der Waals surface area contributed by atoms with E-state index in [1.165, 1.54) is 29.3 Å². The first-order valence-corrected chi connectivity index (χ1v) is 20.3. The molecule has 0 spiro atoms. The van der Waals surface area contributed by atoms with E-state index in [-0.39, 0.29) is 59.6 Å². The highest BCUT2D eigenvalue weighted by Crippen LogP contribution is 2.37.